The SMILES string of the molecule is O=C(COC(=O)c1c(Cl)ccc(NS(=O)(=O)N2CCOCC2)c1Cl)COC(=O)c1c(Cl)ccc(NS(=O)(=O)N2CCOCC2)c1Cl.O=C(O)C[C@H](NC(=O)OCc1ccccc1)C(=O)O. The van der Waals surface area contributed by atoms with Crippen LogP contribution in [0.2, 0.25) is 20.1 Å². The predicted octanol–water partition coefficient (Wildman–Crippen LogP) is 3.70. The highest BCUT2D eigenvalue weighted by Crippen LogP contribution is 2.35. The molecule has 2 aliphatic heterocycles. The lowest BCUT2D eigenvalue weighted by Crippen LogP contribution is -2.43. The average Bonchev–Trinajstić information content (AvgIpc) is 3.27. The Hall–Kier alpha value is -5.02. The van der Waals surface area contributed by atoms with Crippen LogP contribution in [0.3, 0.4) is 0 Å². The molecular formula is C37H39Cl4N5O17S2. The Bertz CT molecular complexity index is 2330. The monoisotopic (exact) mass is 1030 g/mol. The molecule has 1 atom stereocenters. The molecule has 5 rings (SSSR count). The summed E-state index contributed by atoms with van der Waals surface area (Å²) in [5.41, 5.74) is -0.404. The Morgan fingerprint density at radius 2 is 1.08 bits per heavy atom. The van der Waals surface area contributed by atoms with E-state index in [-0.39, 0.29) is 90.7 Å². The highest BCUT2D eigenvalue weighted by Gasteiger charge is 2.30. The summed E-state index contributed by atoms with van der Waals surface area (Å²) >= 11 is 24.8. The molecule has 22 nitrogen and oxygen atoms in total. The fourth-order valence-corrected chi connectivity index (χ4v) is 9.05. The fourth-order valence-electron chi connectivity index (χ4n) is 5.38. The average molecular weight is 1030 g/mol. The second-order valence-electron chi connectivity index (χ2n) is 13.2. The molecule has 2 saturated heterocycles. The molecular weight excluding hydrogens is 992 g/mol. The number of carboxylic acid groups (broad SMARTS) is 2. The Labute approximate surface area is 391 Å². The third kappa shape index (κ3) is 15.8. The van der Waals surface area contributed by atoms with Crippen LogP contribution < -0.4 is 14.8 Å². The lowest BCUT2D eigenvalue weighted by Gasteiger charge is -2.26. The zero-order valence-corrected chi connectivity index (χ0v) is 38.2. The van der Waals surface area contributed by atoms with Gasteiger partial charge in [-0.25, -0.2) is 19.2 Å². The van der Waals surface area contributed by atoms with Gasteiger partial charge in [-0.2, -0.15) is 25.4 Å². The van der Waals surface area contributed by atoms with Crippen molar-refractivity contribution >= 4 is 114 Å². The first-order valence-corrected chi connectivity index (χ1v) is 23.0. The van der Waals surface area contributed by atoms with Crippen LogP contribution in [0, 0.1) is 0 Å². The summed E-state index contributed by atoms with van der Waals surface area (Å²) in [6.45, 7) is -0.518. The van der Waals surface area contributed by atoms with E-state index in [9.17, 15) is 45.6 Å². The van der Waals surface area contributed by atoms with Crippen LogP contribution in [0.1, 0.15) is 32.7 Å². The molecule has 0 saturated carbocycles. The van der Waals surface area contributed by atoms with E-state index in [1.165, 1.54) is 24.3 Å². The van der Waals surface area contributed by atoms with Crippen molar-refractivity contribution in [1.82, 2.24) is 13.9 Å². The highest BCUT2D eigenvalue weighted by molar-refractivity contribution is 7.90. The lowest BCUT2D eigenvalue weighted by molar-refractivity contribution is -0.145. The molecule has 0 bridgehead atoms. The molecule has 0 aromatic heterocycles. The van der Waals surface area contributed by atoms with E-state index in [0.29, 0.717) is 0 Å². The van der Waals surface area contributed by atoms with E-state index in [4.69, 9.17) is 80.3 Å². The number of Topliss-reactive ketones (excluding diaryl/α,β-unsaturated/α-hetero) is 1. The summed E-state index contributed by atoms with van der Waals surface area (Å²) in [4.78, 5) is 70.4. The van der Waals surface area contributed by atoms with Crippen molar-refractivity contribution in [3.8, 4) is 0 Å². The second-order valence-corrected chi connectivity index (χ2v) is 18.1. The van der Waals surface area contributed by atoms with Gasteiger partial charge in [0.05, 0.1) is 75.4 Å². The topological polar surface area (TPSA) is 300 Å². The number of halogens is 4. The number of rotatable bonds is 18. The first-order valence-electron chi connectivity index (χ1n) is 18.6. The molecule has 2 fully saturated rings. The number of ether oxygens (including phenoxy) is 5. The maximum atomic E-state index is 12.8. The Morgan fingerprint density at radius 1 is 0.646 bits per heavy atom. The molecule has 0 spiro atoms. The van der Waals surface area contributed by atoms with Gasteiger partial charge in [-0.15, -0.1) is 0 Å². The molecule has 3 aromatic carbocycles. The van der Waals surface area contributed by atoms with E-state index in [1.54, 1.807) is 30.3 Å². The minimum atomic E-state index is -4.04. The van der Waals surface area contributed by atoms with Crippen LogP contribution in [0.5, 0.6) is 0 Å². The van der Waals surface area contributed by atoms with Crippen molar-refractivity contribution in [1.29, 1.82) is 0 Å². The number of hydrogen-bond donors (Lipinski definition) is 5. The second kappa shape index (κ2) is 24.5. The van der Waals surface area contributed by atoms with Crippen LogP contribution in [0.15, 0.2) is 54.6 Å². The number of carboxylic acids is 2. The third-order valence-electron chi connectivity index (χ3n) is 8.60. The predicted molar refractivity (Wildman–Crippen MR) is 232 cm³/mol. The van der Waals surface area contributed by atoms with Gasteiger partial charge in [-0.1, -0.05) is 76.7 Å². The van der Waals surface area contributed by atoms with Gasteiger partial charge in [0.25, 0.3) is 0 Å². The Morgan fingerprint density at radius 3 is 1.48 bits per heavy atom. The van der Waals surface area contributed by atoms with Crippen molar-refractivity contribution in [2.24, 2.45) is 0 Å². The number of ketones is 1. The zero-order chi connectivity index (χ0) is 47.9. The number of amides is 1. The fraction of sp³-hybridized carbons (Fsp3) is 0.351. The van der Waals surface area contributed by atoms with Gasteiger partial charge >= 0.3 is 50.4 Å². The molecule has 0 aliphatic carbocycles. The maximum Gasteiger partial charge on any atom is 0.408 e. The lowest BCUT2D eigenvalue weighted by atomic mass is 10.2. The van der Waals surface area contributed by atoms with Gasteiger partial charge in [0, 0.05) is 26.2 Å². The zero-order valence-electron chi connectivity index (χ0n) is 33.5. The number of alkyl carbamates (subject to hydrolysis) is 1. The number of benzene rings is 3. The normalized spacial score (nSPS) is 15.0. The van der Waals surface area contributed by atoms with Gasteiger partial charge in [0.15, 0.2) is 13.2 Å². The minimum absolute atomic E-state index is 0.0217. The van der Waals surface area contributed by atoms with Crippen LogP contribution in [0.4, 0.5) is 16.2 Å². The number of carbonyl (C=O) groups excluding carboxylic acids is 4. The smallest absolute Gasteiger partial charge is 0.408 e. The summed E-state index contributed by atoms with van der Waals surface area (Å²) in [7, 11) is -8.08. The number of esters is 2. The summed E-state index contributed by atoms with van der Waals surface area (Å²) in [6, 6.07) is 12.2. The number of morpholine rings is 2. The Balaban J connectivity index is 0.000000407. The molecule has 0 radical (unpaired) electrons. The van der Waals surface area contributed by atoms with Crippen LogP contribution in [-0.4, -0.2) is 143 Å². The van der Waals surface area contributed by atoms with E-state index in [0.717, 1.165) is 14.2 Å². The summed E-state index contributed by atoms with van der Waals surface area (Å²) in [5, 5.41) is 18.1. The van der Waals surface area contributed by atoms with Crippen molar-refractivity contribution in [3.63, 3.8) is 0 Å². The van der Waals surface area contributed by atoms with Crippen molar-refractivity contribution in [2.75, 3.05) is 75.3 Å². The standard InChI is InChI=1S/C25H26Cl4N4O11S2.C12H13NO6/c26-16-1-3-18(30-45(37,38)32-5-9-41-10-6-32)22(28)20(16)24(35)43-13-15(34)14-44-25(36)21-17(27)2-4-19(23(21)29)31-46(39,40)33-7-11-42-12-8-33;14-10(15)6-9(11(16)17)13-12(18)19-7-8-4-2-1-3-5-8/h1-4,30-31H,5-14H2;1-5,9H,6-7H2,(H,13,18)(H,14,15)(H,16,17)/t;9-/m.0/s1. The number of nitrogens with zero attached hydrogens (tertiary/aromatic N) is 2. The maximum absolute atomic E-state index is 12.8. The number of anilines is 2. The summed E-state index contributed by atoms with van der Waals surface area (Å²) in [6.07, 6.45) is -1.69. The minimum Gasteiger partial charge on any atom is -0.481 e. The van der Waals surface area contributed by atoms with Gasteiger partial charge in [-0.3, -0.25) is 19.0 Å². The van der Waals surface area contributed by atoms with E-state index in [2.05, 4.69) is 9.44 Å². The van der Waals surface area contributed by atoms with E-state index in [1.807, 2.05) is 5.32 Å². The molecule has 1 amide bonds. The number of aliphatic carboxylic acids is 2. The van der Waals surface area contributed by atoms with E-state index >= 15 is 0 Å². The van der Waals surface area contributed by atoms with Crippen molar-refractivity contribution in [2.45, 2.75) is 19.1 Å². The highest BCUT2D eigenvalue weighted by atomic mass is 35.5. The molecule has 65 heavy (non-hydrogen) atoms. The molecule has 0 unspecified atom stereocenters. The number of nitrogens with one attached hydrogen (secondary N) is 3. The molecule has 2 heterocycles. The van der Waals surface area contributed by atoms with Crippen molar-refractivity contribution in [3.05, 3.63) is 91.4 Å². The van der Waals surface area contributed by atoms with Crippen LogP contribution >= 0.6 is 46.4 Å². The molecule has 5 N–H and O–H groups in total. The largest absolute Gasteiger partial charge is 0.481 e. The van der Waals surface area contributed by atoms with Gasteiger partial charge < -0.3 is 39.2 Å². The van der Waals surface area contributed by atoms with Gasteiger partial charge in [-0.05, 0) is 29.8 Å². The van der Waals surface area contributed by atoms with E-state index < -0.39 is 93.0 Å². The summed E-state index contributed by atoms with van der Waals surface area (Å²) < 4.78 is 82.8. The first-order chi connectivity index (χ1) is 30.7. The molecule has 2 aliphatic rings. The van der Waals surface area contributed by atoms with Crippen molar-refractivity contribution < 1.29 is 79.5 Å². The van der Waals surface area contributed by atoms with Gasteiger partial charge in [0.2, 0.25) is 5.78 Å². The number of hydrogen-bond acceptors (Lipinski definition) is 15. The third-order valence-corrected chi connectivity index (χ3v) is 13.1. The Kier molecular flexibility index (Phi) is 19.8. The molecule has 354 valence electrons. The van der Waals surface area contributed by atoms with Crippen LogP contribution in [-0.2, 0) is 65.1 Å². The molecule has 3 aromatic rings. The quantitative estimate of drug-likeness (QED) is 0.0896. The molecule has 28 heteroatoms. The van der Waals surface area contributed by atoms with Crippen LogP contribution in [0.25, 0.3) is 0 Å². The summed E-state index contributed by atoms with van der Waals surface area (Å²) in [5.74, 6) is -5.95. The van der Waals surface area contributed by atoms with Gasteiger partial charge in [0.1, 0.15) is 12.6 Å². The number of carbonyl (C=O) groups is 6. The first kappa shape index (κ1) is 52.6.